The van der Waals surface area contributed by atoms with Crippen molar-refractivity contribution in [1.82, 2.24) is 89.3 Å². The van der Waals surface area contributed by atoms with E-state index in [2.05, 4.69) is 84.4 Å². The van der Waals surface area contributed by atoms with Gasteiger partial charge in [0.1, 0.15) is 96.1 Å². The maximum atomic E-state index is 15.1. The number of H-pyrrole nitrogens is 1. The Morgan fingerprint density at radius 3 is 1.45 bits per heavy atom. The SMILES string of the molecule is CCC(NC(=O)[C@H](CO)NC(=O)CNC(C)=O)C(=O)N[C@@H](CC(N)=O)C(=O)N[C@@H](Cc1ccc(O)cc1)C(=O)N[C@H](C(=O)N[C@@H](Cc1ccccc1)C(=O)N1CCC[C@H]1C(=O)N[C@@H](C)C(=O)N[C@@H](Cc1c[nH]cn1)C(=O)N[C@@H](CCCCN)C(=O)NC(CC)C(=O)N[C@H](C(=O)NC(CC)C(=O)N[C@@H](Cc1ccc(O)cc1)C(N)=O)[C@@H](C)CC)C(C)C. The summed E-state index contributed by atoms with van der Waals surface area (Å²) in [4.78, 5) is 243. The number of likely N-dealkylation sites (tertiary alicyclic amines) is 1. The van der Waals surface area contributed by atoms with Gasteiger partial charge in [0, 0.05) is 45.3 Å². The minimum atomic E-state index is -1.81. The van der Waals surface area contributed by atoms with Gasteiger partial charge in [-0.15, -0.1) is 0 Å². The Labute approximate surface area is 701 Å². The van der Waals surface area contributed by atoms with Crippen LogP contribution in [0.5, 0.6) is 11.5 Å². The molecule has 0 spiro atoms. The maximum absolute atomic E-state index is 15.1. The Kier molecular flexibility index (Phi) is 40.6. The molecule has 1 fully saturated rings. The van der Waals surface area contributed by atoms with Crippen LogP contribution in [0, 0.1) is 11.8 Å². The van der Waals surface area contributed by atoms with Crippen molar-refractivity contribution in [3.8, 4) is 11.5 Å². The second-order valence-electron chi connectivity index (χ2n) is 30.1. The van der Waals surface area contributed by atoms with Crippen LogP contribution >= 0.6 is 0 Å². The lowest BCUT2D eigenvalue weighted by Crippen LogP contribution is -2.62. The number of nitrogens with two attached hydrogens (primary N) is 3. The number of nitrogens with one attached hydrogen (secondary N) is 15. The van der Waals surface area contributed by atoms with E-state index < -0.39 is 216 Å². The van der Waals surface area contributed by atoms with Crippen LogP contribution in [0.15, 0.2) is 91.4 Å². The van der Waals surface area contributed by atoms with Crippen LogP contribution in [0.25, 0.3) is 0 Å². The lowest BCUT2D eigenvalue weighted by Gasteiger charge is -2.31. The number of rotatable bonds is 50. The number of phenols is 2. The highest BCUT2D eigenvalue weighted by atomic mass is 16.3. The molecule has 1 aliphatic rings. The van der Waals surface area contributed by atoms with Gasteiger partial charge in [0.05, 0.1) is 31.6 Å². The van der Waals surface area contributed by atoms with Gasteiger partial charge in [-0.05, 0) is 118 Å². The molecule has 3 aromatic carbocycles. The fourth-order valence-corrected chi connectivity index (χ4v) is 13.0. The zero-order valence-electron chi connectivity index (χ0n) is 69.5. The van der Waals surface area contributed by atoms with E-state index in [4.69, 9.17) is 17.2 Å². The highest BCUT2D eigenvalue weighted by Crippen LogP contribution is 2.22. The maximum Gasteiger partial charge on any atom is 0.246 e. The van der Waals surface area contributed by atoms with Gasteiger partial charge in [0.2, 0.25) is 100 Å². The van der Waals surface area contributed by atoms with Crippen LogP contribution in [0.2, 0.25) is 0 Å². The number of aromatic hydroxyl groups is 2. The number of aliphatic hydroxyl groups is 1. The van der Waals surface area contributed by atoms with E-state index in [-0.39, 0.29) is 88.8 Å². The number of phenolic OH excluding ortho intramolecular Hbond substituents is 2. The van der Waals surface area contributed by atoms with Crippen molar-refractivity contribution in [1.29, 1.82) is 0 Å². The molecular weight excluding hydrogens is 1570 g/mol. The lowest BCUT2D eigenvalue weighted by atomic mass is 9.97. The largest absolute Gasteiger partial charge is 0.508 e. The minimum absolute atomic E-state index is 0.00148. The molecule has 24 N–H and O–H groups in total. The molecule has 4 aromatic rings. The molecule has 40 nitrogen and oxygen atoms in total. The lowest BCUT2D eigenvalue weighted by molar-refractivity contribution is -0.142. The van der Waals surface area contributed by atoms with Crippen LogP contribution in [0.4, 0.5) is 0 Å². The van der Waals surface area contributed by atoms with Gasteiger partial charge >= 0.3 is 0 Å². The predicted octanol–water partition coefficient (Wildman–Crippen LogP) is -4.05. The molecule has 5 rings (SSSR count). The monoisotopic (exact) mass is 1690 g/mol. The van der Waals surface area contributed by atoms with E-state index in [1.54, 1.807) is 84.0 Å². The number of aliphatic hydroxyl groups excluding tert-OH is 1. The number of aromatic nitrogens is 2. The van der Waals surface area contributed by atoms with Crippen LogP contribution in [0.3, 0.4) is 0 Å². The van der Waals surface area contributed by atoms with Gasteiger partial charge in [0.15, 0.2) is 0 Å². The number of unbranched alkanes of at least 4 members (excludes halogenated alkanes) is 1. The molecule has 17 amide bonds. The van der Waals surface area contributed by atoms with E-state index in [0.717, 1.165) is 6.92 Å². The third-order valence-corrected chi connectivity index (χ3v) is 20.2. The molecule has 40 heteroatoms. The summed E-state index contributed by atoms with van der Waals surface area (Å²) < 4.78 is 0. The van der Waals surface area contributed by atoms with Crippen LogP contribution in [0.1, 0.15) is 149 Å². The average molecular weight is 1690 g/mol. The van der Waals surface area contributed by atoms with Crippen molar-refractivity contribution in [2.24, 2.45) is 29.0 Å². The first-order chi connectivity index (χ1) is 57.4. The van der Waals surface area contributed by atoms with E-state index in [1.807, 2.05) is 0 Å². The van der Waals surface area contributed by atoms with Crippen LogP contribution < -0.4 is 91.6 Å². The summed E-state index contributed by atoms with van der Waals surface area (Å²) in [6, 6.07) is 0.108. The van der Waals surface area contributed by atoms with Crippen LogP contribution in [-0.4, -0.2) is 241 Å². The number of primary amides is 2. The van der Waals surface area contributed by atoms with Gasteiger partial charge in [-0.1, -0.05) is 109 Å². The van der Waals surface area contributed by atoms with E-state index in [0.29, 0.717) is 41.6 Å². The Morgan fingerprint density at radius 2 is 0.934 bits per heavy atom. The number of amides is 17. The Morgan fingerprint density at radius 1 is 0.488 bits per heavy atom. The molecule has 121 heavy (non-hydrogen) atoms. The fraction of sp³-hybridized carbons (Fsp3) is 0.531. The molecular formula is C81H118N20O20. The van der Waals surface area contributed by atoms with E-state index in [1.165, 1.54) is 67.7 Å². The fourth-order valence-electron chi connectivity index (χ4n) is 13.0. The molecule has 1 saturated heterocycles. The first-order valence-corrected chi connectivity index (χ1v) is 40.4. The summed E-state index contributed by atoms with van der Waals surface area (Å²) in [7, 11) is 0. The molecule has 2 heterocycles. The van der Waals surface area contributed by atoms with Crippen molar-refractivity contribution < 1.29 is 96.8 Å². The molecule has 1 aliphatic heterocycles. The third kappa shape index (κ3) is 32.2. The summed E-state index contributed by atoms with van der Waals surface area (Å²) >= 11 is 0. The normalized spacial score (nSPS) is 15.8. The number of hydrogen-bond donors (Lipinski definition) is 21. The molecule has 662 valence electrons. The molecule has 0 radical (unpaired) electrons. The van der Waals surface area contributed by atoms with E-state index in [9.17, 15) is 92.0 Å². The first-order valence-electron chi connectivity index (χ1n) is 40.4. The van der Waals surface area contributed by atoms with Gasteiger partial charge in [-0.25, -0.2) is 4.98 Å². The van der Waals surface area contributed by atoms with Gasteiger partial charge in [0.25, 0.3) is 0 Å². The van der Waals surface area contributed by atoms with Crippen molar-refractivity contribution in [2.45, 2.75) is 237 Å². The summed E-state index contributed by atoms with van der Waals surface area (Å²) in [6.45, 7) is 12.5. The highest BCUT2D eigenvalue weighted by Gasteiger charge is 2.42. The molecule has 0 saturated carbocycles. The second kappa shape index (κ2) is 49.7. The van der Waals surface area contributed by atoms with Crippen LogP contribution in [-0.2, 0) is 107 Å². The number of benzene rings is 3. The van der Waals surface area contributed by atoms with Crippen molar-refractivity contribution in [3.63, 3.8) is 0 Å². The Balaban J connectivity index is 1.31. The average Bonchev–Trinajstić information content (AvgIpc) is 1.76. The number of aromatic amines is 1. The van der Waals surface area contributed by atoms with Crippen molar-refractivity contribution in [3.05, 3.63) is 114 Å². The summed E-state index contributed by atoms with van der Waals surface area (Å²) in [6.07, 6.45) is 2.55. The summed E-state index contributed by atoms with van der Waals surface area (Å²) in [5.74, 6) is -16.3. The smallest absolute Gasteiger partial charge is 0.246 e. The highest BCUT2D eigenvalue weighted by molar-refractivity contribution is 6.01. The Hall–Kier alpha value is -12.6. The third-order valence-electron chi connectivity index (χ3n) is 20.2. The molecule has 15 atom stereocenters. The molecule has 0 bridgehead atoms. The number of hydrogen-bond acceptors (Lipinski definition) is 22. The molecule has 0 aliphatic carbocycles. The predicted molar refractivity (Wildman–Crippen MR) is 438 cm³/mol. The summed E-state index contributed by atoms with van der Waals surface area (Å²) in [5, 5.41) is 65.6. The summed E-state index contributed by atoms with van der Waals surface area (Å²) in [5.41, 5.74) is 18.8. The van der Waals surface area contributed by atoms with Gasteiger partial charge in [-0.3, -0.25) is 81.5 Å². The quantitative estimate of drug-likeness (QED) is 0.0187. The molecule has 3 unspecified atom stereocenters. The standard InChI is InChI=1S/C81H118N20O20/c1-10-44(7)67(80(120)92-54(12-3)70(110)94-57(68(84)108)34-48-24-28-51(104)29-25-48)100-72(112)55(13-4)90-73(113)56(22-17-18-32-82)93-74(114)59(37-50-39-85-42-87-50)95-69(109)45(8)88-78(118)63-23-19-33-101(63)81(121)61(36-47-20-15-14-16-21-47)98-79(119)66(43(5)6)99-76(116)58(35-49-26-30-52(105)31-27-49)96-75(115)60(38-64(83)106)97-71(111)53(11-2)91-77(117)62(41-102)89-65(107)40-86-46(9)103/h14-16,20-21,24-31,39,42-45,53-63,66-67,102,104-105H,10-13,17-19,22-23,32-38,40-41,82H2,1-9H3,(H2,83,106)(H2,84,108)(H,85,87)(H,86,103)(H,88,118)(H,89,107)(H,90,113)(H,91,117)(H,92,120)(H,93,114)(H,94,110)(H,95,109)(H,96,115)(H,97,111)(H,98,119)(H,99,116)(H,100,112)/t44-,45-,53?,54?,55?,56-,57-,58-,59-,60-,61-,62-,63-,66-,67-/m0/s1. The number of carbonyl (C=O) groups is 17. The van der Waals surface area contributed by atoms with Gasteiger partial charge in [-0.2, -0.15) is 0 Å². The number of nitrogens with zero attached hydrogens (tertiary/aromatic N) is 2. The van der Waals surface area contributed by atoms with Crippen molar-refractivity contribution in [2.75, 3.05) is 26.2 Å². The van der Waals surface area contributed by atoms with E-state index >= 15 is 4.79 Å². The topological polar surface area (TPSA) is 629 Å². The van der Waals surface area contributed by atoms with Crippen molar-refractivity contribution >= 4 is 100 Å². The zero-order valence-corrected chi connectivity index (χ0v) is 69.5. The molecule has 1 aromatic heterocycles. The minimum Gasteiger partial charge on any atom is -0.508 e. The second-order valence-corrected chi connectivity index (χ2v) is 30.1. The Bertz CT molecular complexity index is 4200. The first kappa shape index (κ1) is 99.0. The number of imidazole rings is 1. The number of carbonyl (C=O) groups excluding carboxylic acids is 17. The zero-order chi connectivity index (χ0) is 89.7. The van der Waals surface area contributed by atoms with Gasteiger partial charge < -0.3 is 117 Å².